The van der Waals surface area contributed by atoms with Crippen LogP contribution in [0.3, 0.4) is 0 Å². The van der Waals surface area contributed by atoms with Crippen molar-refractivity contribution < 1.29 is 18.0 Å². The van der Waals surface area contributed by atoms with Gasteiger partial charge < -0.3 is 5.73 Å². The normalized spacial score (nSPS) is 12.0. The molecule has 1 heterocycles. The highest BCUT2D eigenvalue weighted by Gasteiger charge is 2.30. The highest BCUT2D eigenvalue weighted by atomic mass is 19.4. The standard InChI is InChI=1S/C13H10F3N5O/c14-13(15,16)9-3-1-2-8(6-9)12(22)21-20-11(17)10-7-18-4-5-19-10/h1-7H,(H2,17,20)(H,21,22). The monoisotopic (exact) mass is 309 g/mol. The van der Waals surface area contributed by atoms with Gasteiger partial charge in [-0.2, -0.15) is 18.3 Å². The number of carbonyl (C=O) groups excluding carboxylic acids is 1. The van der Waals surface area contributed by atoms with Crippen molar-refractivity contribution in [2.45, 2.75) is 6.18 Å². The maximum atomic E-state index is 12.6. The molecule has 22 heavy (non-hydrogen) atoms. The van der Waals surface area contributed by atoms with Crippen LogP contribution in [0.5, 0.6) is 0 Å². The van der Waals surface area contributed by atoms with Gasteiger partial charge in [0.1, 0.15) is 5.69 Å². The third-order valence-electron chi connectivity index (χ3n) is 2.56. The minimum atomic E-state index is -4.53. The fourth-order valence-electron chi connectivity index (χ4n) is 1.50. The number of amidine groups is 1. The molecule has 1 aromatic carbocycles. The first-order chi connectivity index (χ1) is 10.4. The number of hydrazone groups is 1. The molecule has 0 fully saturated rings. The molecule has 9 heteroatoms. The first-order valence-electron chi connectivity index (χ1n) is 5.95. The van der Waals surface area contributed by atoms with E-state index in [2.05, 4.69) is 20.5 Å². The van der Waals surface area contributed by atoms with Crippen LogP contribution in [0.4, 0.5) is 13.2 Å². The van der Waals surface area contributed by atoms with Gasteiger partial charge in [0.15, 0.2) is 5.84 Å². The number of nitrogens with zero attached hydrogens (tertiary/aromatic N) is 3. The Balaban J connectivity index is 2.13. The van der Waals surface area contributed by atoms with Crippen LogP contribution in [0.2, 0.25) is 0 Å². The number of alkyl halides is 3. The lowest BCUT2D eigenvalue weighted by atomic mass is 10.1. The van der Waals surface area contributed by atoms with E-state index in [0.717, 1.165) is 18.2 Å². The van der Waals surface area contributed by atoms with E-state index in [9.17, 15) is 18.0 Å². The Morgan fingerprint density at radius 1 is 1.27 bits per heavy atom. The van der Waals surface area contributed by atoms with Gasteiger partial charge in [0.25, 0.3) is 5.91 Å². The Labute approximate surface area is 122 Å². The summed E-state index contributed by atoms with van der Waals surface area (Å²) in [5, 5.41) is 3.57. The average molecular weight is 309 g/mol. The number of nitrogens with one attached hydrogen (secondary N) is 1. The molecule has 1 amide bonds. The Hall–Kier alpha value is -2.97. The van der Waals surface area contributed by atoms with Gasteiger partial charge in [-0.3, -0.25) is 9.78 Å². The number of benzene rings is 1. The zero-order valence-corrected chi connectivity index (χ0v) is 11.0. The second kappa shape index (κ2) is 6.20. The first kappa shape index (κ1) is 15.4. The molecular formula is C13H10F3N5O. The SMILES string of the molecule is NC(=NNC(=O)c1cccc(C(F)(F)F)c1)c1cnccn1. The summed E-state index contributed by atoms with van der Waals surface area (Å²) in [7, 11) is 0. The third-order valence-corrected chi connectivity index (χ3v) is 2.56. The predicted octanol–water partition coefficient (Wildman–Crippen LogP) is 1.55. The molecule has 0 aliphatic rings. The van der Waals surface area contributed by atoms with E-state index in [1.165, 1.54) is 24.7 Å². The second-order valence-corrected chi connectivity index (χ2v) is 4.11. The lowest BCUT2D eigenvalue weighted by molar-refractivity contribution is -0.137. The van der Waals surface area contributed by atoms with E-state index in [4.69, 9.17) is 5.73 Å². The van der Waals surface area contributed by atoms with Crippen molar-refractivity contribution in [3.8, 4) is 0 Å². The van der Waals surface area contributed by atoms with Crippen molar-refractivity contribution in [1.82, 2.24) is 15.4 Å². The Morgan fingerprint density at radius 3 is 2.68 bits per heavy atom. The van der Waals surface area contributed by atoms with Crippen LogP contribution in [0.25, 0.3) is 0 Å². The number of aromatic nitrogens is 2. The highest BCUT2D eigenvalue weighted by molar-refractivity contribution is 5.98. The predicted molar refractivity (Wildman–Crippen MR) is 71.7 cm³/mol. The van der Waals surface area contributed by atoms with Gasteiger partial charge in [-0.25, -0.2) is 10.4 Å². The lowest BCUT2D eigenvalue weighted by Gasteiger charge is -2.08. The minimum Gasteiger partial charge on any atom is -0.380 e. The van der Waals surface area contributed by atoms with Gasteiger partial charge in [-0.15, -0.1) is 0 Å². The van der Waals surface area contributed by atoms with Crippen LogP contribution in [0.1, 0.15) is 21.6 Å². The summed E-state index contributed by atoms with van der Waals surface area (Å²) in [5.41, 5.74) is 6.75. The summed E-state index contributed by atoms with van der Waals surface area (Å²) >= 11 is 0. The Kier molecular flexibility index (Phi) is 4.35. The van der Waals surface area contributed by atoms with Crippen LogP contribution in [-0.2, 0) is 6.18 Å². The summed E-state index contributed by atoms with van der Waals surface area (Å²) in [6.07, 6.45) is -0.391. The van der Waals surface area contributed by atoms with Gasteiger partial charge in [0.2, 0.25) is 0 Å². The number of rotatable bonds is 3. The maximum absolute atomic E-state index is 12.6. The molecule has 1 aromatic heterocycles. The number of halogens is 3. The van der Waals surface area contributed by atoms with E-state index < -0.39 is 17.6 Å². The van der Waals surface area contributed by atoms with Gasteiger partial charge in [-0.05, 0) is 18.2 Å². The molecule has 6 nitrogen and oxygen atoms in total. The molecule has 2 aromatic rings. The van der Waals surface area contributed by atoms with Crippen molar-refractivity contribution in [3.63, 3.8) is 0 Å². The van der Waals surface area contributed by atoms with E-state index in [1.54, 1.807) is 0 Å². The Bertz CT molecular complexity index is 700. The van der Waals surface area contributed by atoms with Crippen molar-refractivity contribution >= 4 is 11.7 Å². The molecule has 3 N–H and O–H groups in total. The summed E-state index contributed by atoms with van der Waals surface area (Å²) < 4.78 is 37.7. The van der Waals surface area contributed by atoms with Crippen molar-refractivity contribution in [2.75, 3.05) is 0 Å². The Morgan fingerprint density at radius 2 is 2.05 bits per heavy atom. The van der Waals surface area contributed by atoms with E-state index in [-0.39, 0.29) is 17.1 Å². The fourth-order valence-corrected chi connectivity index (χ4v) is 1.50. The topological polar surface area (TPSA) is 93.3 Å². The molecule has 0 saturated heterocycles. The lowest BCUT2D eigenvalue weighted by Crippen LogP contribution is -2.25. The highest BCUT2D eigenvalue weighted by Crippen LogP contribution is 2.29. The van der Waals surface area contributed by atoms with Crippen molar-refractivity contribution in [2.24, 2.45) is 10.8 Å². The van der Waals surface area contributed by atoms with Gasteiger partial charge >= 0.3 is 6.18 Å². The van der Waals surface area contributed by atoms with Crippen LogP contribution in [0, 0.1) is 0 Å². The minimum absolute atomic E-state index is 0.117. The van der Waals surface area contributed by atoms with Crippen molar-refractivity contribution in [3.05, 3.63) is 59.7 Å². The summed E-state index contributed by atoms with van der Waals surface area (Å²) in [6, 6.07) is 3.96. The molecule has 0 atom stereocenters. The summed E-state index contributed by atoms with van der Waals surface area (Å²) in [5.74, 6) is -0.939. The first-order valence-corrected chi connectivity index (χ1v) is 5.95. The van der Waals surface area contributed by atoms with Crippen LogP contribution in [-0.4, -0.2) is 21.7 Å². The fraction of sp³-hybridized carbons (Fsp3) is 0.0769. The van der Waals surface area contributed by atoms with Crippen LogP contribution in [0.15, 0.2) is 48.0 Å². The zero-order chi connectivity index (χ0) is 16.2. The molecule has 0 spiro atoms. The molecule has 0 aliphatic carbocycles. The number of hydrogen-bond acceptors (Lipinski definition) is 4. The molecule has 2 rings (SSSR count). The van der Waals surface area contributed by atoms with E-state index in [1.807, 2.05) is 0 Å². The van der Waals surface area contributed by atoms with Gasteiger partial charge in [0, 0.05) is 18.0 Å². The third kappa shape index (κ3) is 3.78. The number of amides is 1. The molecule has 0 unspecified atom stereocenters. The molecule has 0 bridgehead atoms. The van der Waals surface area contributed by atoms with E-state index >= 15 is 0 Å². The second-order valence-electron chi connectivity index (χ2n) is 4.11. The number of carbonyl (C=O) groups is 1. The van der Waals surface area contributed by atoms with Gasteiger partial charge in [0.05, 0.1) is 11.8 Å². The number of nitrogens with two attached hydrogens (primary N) is 1. The number of hydrogen-bond donors (Lipinski definition) is 2. The quantitative estimate of drug-likeness (QED) is 0.511. The van der Waals surface area contributed by atoms with Crippen molar-refractivity contribution in [1.29, 1.82) is 0 Å². The zero-order valence-electron chi connectivity index (χ0n) is 11.0. The van der Waals surface area contributed by atoms with Crippen LogP contribution < -0.4 is 11.2 Å². The molecule has 114 valence electrons. The molecule has 0 saturated carbocycles. The maximum Gasteiger partial charge on any atom is 0.416 e. The summed E-state index contributed by atoms with van der Waals surface area (Å²) in [6.45, 7) is 0. The van der Waals surface area contributed by atoms with E-state index in [0.29, 0.717) is 0 Å². The molecule has 0 radical (unpaired) electrons. The smallest absolute Gasteiger partial charge is 0.380 e. The largest absolute Gasteiger partial charge is 0.416 e. The van der Waals surface area contributed by atoms with Crippen LogP contribution >= 0.6 is 0 Å². The molecule has 0 aliphatic heterocycles. The van der Waals surface area contributed by atoms with Gasteiger partial charge in [-0.1, -0.05) is 6.07 Å². The average Bonchev–Trinajstić information content (AvgIpc) is 2.52. The summed E-state index contributed by atoms with van der Waals surface area (Å²) in [4.78, 5) is 19.4. The molecular weight excluding hydrogens is 299 g/mol.